The van der Waals surface area contributed by atoms with Gasteiger partial charge in [-0.3, -0.25) is 4.98 Å². The summed E-state index contributed by atoms with van der Waals surface area (Å²) in [6.07, 6.45) is 4.87. The highest BCUT2D eigenvalue weighted by Gasteiger charge is 2.14. The van der Waals surface area contributed by atoms with E-state index in [1.807, 2.05) is 29.8 Å². The molecule has 0 saturated carbocycles. The summed E-state index contributed by atoms with van der Waals surface area (Å²) in [6, 6.07) is 8.85. The maximum atomic E-state index is 4.20. The molecule has 17 heavy (non-hydrogen) atoms. The Bertz CT molecular complexity index is 450. The highest BCUT2D eigenvalue weighted by molar-refractivity contribution is 7.12. The molecular weight excluding hydrogens is 228 g/mol. The fraction of sp³-hybridized carbons (Fsp3) is 0.357. The van der Waals surface area contributed by atoms with Crippen LogP contribution in [0.3, 0.4) is 0 Å². The lowest BCUT2D eigenvalue weighted by atomic mass is 10.1. The van der Waals surface area contributed by atoms with Crippen LogP contribution in [-0.2, 0) is 6.42 Å². The molecule has 1 atom stereocenters. The molecule has 0 amide bonds. The van der Waals surface area contributed by atoms with Gasteiger partial charge in [0, 0.05) is 22.1 Å². The van der Waals surface area contributed by atoms with Gasteiger partial charge in [-0.25, -0.2) is 0 Å². The number of aryl methyl sites for hydroxylation is 1. The number of nitrogens with one attached hydrogen (secondary N) is 1. The topological polar surface area (TPSA) is 24.9 Å². The van der Waals surface area contributed by atoms with E-state index in [4.69, 9.17) is 0 Å². The molecule has 2 aromatic rings. The quantitative estimate of drug-likeness (QED) is 0.874. The molecule has 0 aliphatic rings. The summed E-state index contributed by atoms with van der Waals surface area (Å²) in [5.74, 6) is 0. The summed E-state index contributed by atoms with van der Waals surface area (Å²) in [7, 11) is 0. The maximum Gasteiger partial charge on any atom is 0.0686 e. The molecule has 90 valence electrons. The van der Waals surface area contributed by atoms with Crippen LogP contribution in [0.4, 0.5) is 0 Å². The molecule has 0 radical (unpaired) electrons. The summed E-state index contributed by atoms with van der Waals surface area (Å²) < 4.78 is 0. The lowest BCUT2D eigenvalue weighted by Crippen LogP contribution is -2.21. The zero-order valence-electron chi connectivity index (χ0n) is 10.3. The molecular formula is C14H18N2S. The molecule has 1 unspecified atom stereocenters. The Kier molecular flexibility index (Phi) is 4.29. The van der Waals surface area contributed by atoms with E-state index in [9.17, 15) is 0 Å². The second kappa shape index (κ2) is 5.94. The van der Waals surface area contributed by atoms with Gasteiger partial charge in [0.2, 0.25) is 0 Å². The third-order valence-corrected chi connectivity index (χ3v) is 4.04. The lowest BCUT2D eigenvalue weighted by molar-refractivity contribution is 0.637. The predicted molar refractivity (Wildman–Crippen MR) is 73.5 cm³/mol. The molecule has 2 aromatic heterocycles. The van der Waals surface area contributed by atoms with Gasteiger partial charge in [0.05, 0.1) is 6.04 Å². The second-order valence-corrected chi connectivity index (χ2v) is 5.13. The van der Waals surface area contributed by atoms with Crippen molar-refractivity contribution in [2.24, 2.45) is 0 Å². The van der Waals surface area contributed by atoms with Gasteiger partial charge in [0.15, 0.2) is 0 Å². The molecule has 3 heteroatoms. The van der Waals surface area contributed by atoms with E-state index < -0.39 is 0 Å². The highest BCUT2D eigenvalue weighted by Crippen LogP contribution is 2.28. The average molecular weight is 246 g/mol. The van der Waals surface area contributed by atoms with Crippen molar-refractivity contribution >= 4 is 11.3 Å². The Labute approximate surface area is 107 Å². The first-order valence-corrected chi connectivity index (χ1v) is 6.88. The van der Waals surface area contributed by atoms with Crippen LogP contribution < -0.4 is 5.32 Å². The maximum absolute atomic E-state index is 4.20. The van der Waals surface area contributed by atoms with Crippen LogP contribution in [0.5, 0.6) is 0 Å². The normalized spacial score (nSPS) is 12.6. The number of pyridine rings is 1. The second-order valence-electron chi connectivity index (χ2n) is 3.93. The predicted octanol–water partition coefficient (Wildman–Crippen LogP) is 3.40. The van der Waals surface area contributed by atoms with Gasteiger partial charge >= 0.3 is 0 Å². The zero-order chi connectivity index (χ0) is 12.1. The number of aromatic nitrogens is 1. The van der Waals surface area contributed by atoms with Crippen molar-refractivity contribution in [3.05, 3.63) is 52.0 Å². The van der Waals surface area contributed by atoms with Crippen LogP contribution in [0.1, 0.15) is 35.2 Å². The molecule has 2 nitrogen and oxygen atoms in total. The lowest BCUT2D eigenvalue weighted by Gasteiger charge is -2.16. The van der Waals surface area contributed by atoms with Crippen molar-refractivity contribution in [3.8, 4) is 0 Å². The molecule has 0 aliphatic heterocycles. The molecule has 0 aromatic carbocycles. The summed E-state index contributed by atoms with van der Waals surface area (Å²) >= 11 is 1.89. The molecule has 0 bridgehead atoms. The fourth-order valence-corrected chi connectivity index (χ4v) is 2.93. The number of nitrogens with zero attached hydrogens (tertiary/aromatic N) is 1. The Balaban J connectivity index is 2.28. The van der Waals surface area contributed by atoms with E-state index in [1.165, 1.54) is 15.3 Å². The fourth-order valence-electron chi connectivity index (χ4n) is 1.87. The Morgan fingerprint density at radius 2 is 2.18 bits per heavy atom. The zero-order valence-corrected chi connectivity index (χ0v) is 11.1. The summed E-state index contributed by atoms with van der Waals surface area (Å²) in [4.78, 5) is 7.01. The molecule has 0 aliphatic carbocycles. The van der Waals surface area contributed by atoms with Gasteiger partial charge in [-0.15, -0.1) is 11.3 Å². The van der Waals surface area contributed by atoms with E-state index in [2.05, 4.69) is 42.3 Å². The van der Waals surface area contributed by atoms with Gasteiger partial charge in [-0.05, 0) is 36.7 Å². The highest BCUT2D eigenvalue weighted by atomic mass is 32.1. The van der Waals surface area contributed by atoms with Crippen LogP contribution in [0.2, 0.25) is 0 Å². The van der Waals surface area contributed by atoms with Gasteiger partial charge in [0.25, 0.3) is 0 Å². The molecule has 0 fully saturated rings. The summed E-state index contributed by atoms with van der Waals surface area (Å²) in [5, 5.41) is 3.52. The van der Waals surface area contributed by atoms with E-state index in [0.717, 1.165) is 13.0 Å². The summed E-state index contributed by atoms with van der Waals surface area (Å²) in [6.45, 7) is 5.29. The van der Waals surface area contributed by atoms with Crippen LogP contribution in [0.15, 0.2) is 36.7 Å². The van der Waals surface area contributed by atoms with Crippen molar-refractivity contribution in [1.29, 1.82) is 0 Å². The van der Waals surface area contributed by atoms with Crippen molar-refractivity contribution in [1.82, 2.24) is 10.3 Å². The molecule has 2 rings (SSSR count). The number of rotatable bonds is 5. The smallest absolute Gasteiger partial charge is 0.0686 e. The number of hydrogen-bond donors (Lipinski definition) is 1. The Morgan fingerprint density at radius 3 is 2.76 bits per heavy atom. The van der Waals surface area contributed by atoms with Gasteiger partial charge in [-0.2, -0.15) is 0 Å². The third-order valence-electron chi connectivity index (χ3n) is 2.74. The summed E-state index contributed by atoms with van der Waals surface area (Å²) in [5.41, 5.74) is 1.24. The van der Waals surface area contributed by atoms with Crippen molar-refractivity contribution in [2.45, 2.75) is 26.3 Å². The minimum absolute atomic E-state index is 0.277. The van der Waals surface area contributed by atoms with E-state index in [0.29, 0.717) is 0 Å². The first-order chi connectivity index (χ1) is 8.35. The SMILES string of the molecule is CCNC(c1cccnc1)c1ccc(CC)s1. The van der Waals surface area contributed by atoms with Crippen LogP contribution in [-0.4, -0.2) is 11.5 Å². The number of thiophene rings is 1. The molecule has 2 heterocycles. The van der Waals surface area contributed by atoms with Crippen LogP contribution >= 0.6 is 11.3 Å². The van der Waals surface area contributed by atoms with Gasteiger partial charge in [0.1, 0.15) is 0 Å². The molecule has 1 N–H and O–H groups in total. The molecule has 0 saturated heterocycles. The van der Waals surface area contributed by atoms with E-state index in [1.54, 1.807) is 0 Å². The number of hydrogen-bond acceptors (Lipinski definition) is 3. The van der Waals surface area contributed by atoms with Gasteiger partial charge in [-0.1, -0.05) is 19.9 Å². The first kappa shape index (κ1) is 12.3. The average Bonchev–Trinajstić information content (AvgIpc) is 2.85. The minimum atomic E-state index is 0.277. The van der Waals surface area contributed by atoms with Crippen molar-refractivity contribution in [2.75, 3.05) is 6.54 Å². The van der Waals surface area contributed by atoms with Crippen molar-refractivity contribution in [3.63, 3.8) is 0 Å². The largest absolute Gasteiger partial charge is 0.306 e. The Morgan fingerprint density at radius 1 is 1.29 bits per heavy atom. The van der Waals surface area contributed by atoms with E-state index in [-0.39, 0.29) is 6.04 Å². The van der Waals surface area contributed by atoms with E-state index >= 15 is 0 Å². The Hall–Kier alpha value is -1.19. The van der Waals surface area contributed by atoms with Gasteiger partial charge < -0.3 is 5.32 Å². The van der Waals surface area contributed by atoms with Crippen LogP contribution in [0.25, 0.3) is 0 Å². The standard InChI is InChI=1S/C14H18N2S/c1-3-12-7-8-13(17-12)14(16-4-2)11-6-5-9-15-10-11/h5-10,14,16H,3-4H2,1-2H3. The minimum Gasteiger partial charge on any atom is -0.306 e. The monoisotopic (exact) mass is 246 g/mol. The van der Waals surface area contributed by atoms with Crippen molar-refractivity contribution < 1.29 is 0 Å². The molecule has 0 spiro atoms. The van der Waals surface area contributed by atoms with Crippen LogP contribution in [0, 0.1) is 0 Å². The first-order valence-electron chi connectivity index (χ1n) is 6.07. The third kappa shape index (κ3) is 2.93.